The summed E-state index contributed by atoms with van der Waals surface area (Å²) in [4.78, 5) is 34.5. The molecule has 1 heterocycles. The van der Waals surface area contributed by atoms with Crippen LogP contribution in [0.25, 0.3) is 0 Å². The minimum Gasteiger partial charge on any atom is -0.333 e. The zero-order valence-electron chi connectivity index (χ0n) is 11.4. The molecule has 1 saturated heterocycles. The molecule has 0 aromatic rings. The highest BCUT2D eigenvalue weighted by Gasteiger charge is 2.34. The number of hydrogen-bond donors (Lipinski definition) is 0. The van der Waals surface area contributed by atoms with Gasteiger partial charge in [-0.1, -0.05) is 0 Å². The lowest BCUT2D eigenvalue weighted by Gasteiger charge is -2.30. The zero-order chi connectivity index (χ0) is 14.3. The number of halogens is 1. The standard InChI is InChI=1S/C7H9ClN2O3/c1-2-9-3-4-10(7(8)13)6(12)5(9)11/h2-4H2,1H3/i1D3,2D2. The van der Waals surface area contributed by atoms with Crippen molar-refractivity contribution < 1.29 is 21.2 Å². The molecular formula is C7H9ClN2O3. The van der Waals surface area contributed by atoms with Crippen LogP contribution < -0.4 is 0 Å². The van der Waals surface area contributed by atoms with Crippen molar-refractivity contribution in [3.63, 3.8) is 0 Å². The second-order valence-electron chi connectivity index (χ2n) is 2.28. The van der Waals surface area contributed by atoms with E-state index in [0.717, 1.165) is 0 Å². The summed E-state index contributed by atoms with van der Waals surface area (Å²) in [6, 6.07) is 0. The SMILES string of the molecule is [2H]C([2H])([2H])C([2H])([2H])N1CCN(C(=O)Cl)C(=O)C1=O. The number of carbonyl (C=O) groups excluding carboxylic acids is 3. The van der Waals surface area contributed by atoms with Crippen LogP contribution in [0.4, 0.5) is 4.79 Å². The number of rotatable bonds is 1. The molecule has 72 valence electrons. The number of imide groups is 1. The van der Waals surface area contributed by atoms with Crippen LogP contribution in [0.1, 0.15) is 13.7 Å². The van der Waals surface area contributed by atoms with E-state index >= 15 is 0 Å². The second-order valence-corrected chi connectivity index (χ2v) is 2.60. The summed E-state index contributed by atoms with van der Waals surface area (Å²) in [5, 5.41) is -1.16. The molecule has 0 spiro atoms. The van der Waals surface area contributed by atoms with Gasteiger partial charge in [-0.15, -0.1) is 0 Å². The molecule has 1 fully saturated rings. The number of carbonyl (C=O) groups is 3. The summed E-state index contributed by atoms with van der Waals surface area (Å²) in [7, 11) is 0. The molecule has 0 bridgehead atoms. The predicted octanol–water partition coefficient (Wildman–Crippen LogP) is 0.0359. The fraction of sp³-hybridized carbons (Fsp3) is 0.571. The van der Waals surface area contributed by atoms with Crippen LogP contribution in [0.15, 0.2) is 0 Å². The van der Waals surface area contributed by atoms with Gasteiger partial charge in [0.1, 0.15) is 0 Å². The van der Waals surface area contributed by atoms with Gasteiger partial charge in [0, 0.05) is 26.4 Å². The Balaban J connectivity index is 3.01. The van der Waals surface area contributed by atoms with E-state index in [2.05, 4.69) is 0 Å². The highest BCUT2D eigenvalue weighted by Crippen LogP contribution is 2.07. The van der Waals surface area contributed by atoms with Gasteiger partial charge in [0.25, 0.3) is 0 Å². The van der Waals surface area contributed by atoms with E-state index in [-0.39, 0.29) is 6.54 Å². The lowest BCUT2D eigenvalue weighted by Crippen LogP contribution is -2.54. The molecule has 0 radical (unpaired) electrons. The number of piperazine rings is 1. The molecule has 0 aromatic heterocycles. The average molecular weight is 210 g/mol. The lowest BCUT2D eigenvalue weighted by atomic mass is 10.3. The summed E-state index contributed by atoms with van der Waals surface area (Å²) in [5.74, 6) is -2.74. The summed E-state index contributed by atoms with van der Waals surface area (Å²) in [5.41, 5.74) is 0. The van der Waals surface area contributed by atoms with Crippen molar-refractivity contribution in [2.24, 2.45) is 0 Å². The van der Waals surface area contributed by atoms with Crippen molar-refractivity contribution in [2.45, 2.75) is 6.85 Å². The molecule has 5 nitrogen and oxygen atoms in total. The largest absolute Gasteiger partial charge is 0.333 e. The smallest absolute Gasteiger partial charge is 0.323 e. The highest BCUT2D eigenvalue weighted by atomic mass is 35.5. The number of amides is 3. The van der Waals surface area contributed by atoms with E-state index in [9.17, 15) is 14.4 Å². The van der Waals surface area contributed by atoms with Gasteiger partial charge >= 0.3 is 17.2 Å². The fourth-order valence-corrected chi connectivity index (χ4v) is 1.07. The Kier molecular flexibility index (Phi) is 1.42. The normalized spacial score (nSPS) is 25.8. The first-order valence-electron chi connectivity index (χ1n) is 5.83. The third-order valence-electron chi connectivity index (χ3n) is 1.57. The van der Waals surface area contributed by atoms with Gasteiger partial charge in [0.2, 0.25) is 0 Å². The summed E-state index contributed by atoms with van der Waals surface area (Å²) in [6.45, 7) is -6.85. The maximum atomic E-state index is 11.6. The van der Waals surface area contributed by atoms with E-state index in [1.165, 1.54) is 0 Å². The number of likely N-dealkylation sites (N-methyl/N-ethyl adjacent to an activating group) is 1. The quantitative estimate of drug-likeness (QED) is 0.348. The molecule has 1 aliphatic rings. The molecule has 13 heavy (non-hydrogen) atoms. The van der Waals surface area contributed by atoms with E-state index in [4.69, 9.17) is 18.5 Å². The number of hydrogen-bond acceptors (Lipinski definition) is 3. The summed E-state index contributed by atoms with van der Waals surface area (Å²) >= 11 is 5.06. The van der Waals surface area contributed by atoms with E-state index < -0.39 is 37.1 Å². The summed E-state index contributed by atoms with van der Waals surface area (Å²) in [6.07, 6.45) is 0. The Hall–Kier alpha value is -1.10. The van der Waals surface area contributed by atoms with Crippen molar-refractivity contribution in [3.05, 3.63) is 0 Å². The Bertz CT molecular complexity index is 410. The van der Waals surface area contributed by atoms with E-state index in [1.54, 1.807) is 0 Å². The molecule has 0 atom stereocenters. The third kappa shape index (κ3) is 1.80. The molecule has 0 aromatic carbocycles. The maximum absolute atomic E-state index is 11.6. The molecule has 0 aliphatic carbocycles. The topological polar surface area (TPSA) is 57.7 Å². The Labute approximate surface area is 87.3 Å². The fourth-order valence-electron chi connectivity index (χ4n) is 0.908. The molecule has 6 heteroatoms. The van der Waals surface area contributed by atoms with E-state index in [1.807, 2.05) is 0 Å². The lowest BCUT2D eigenvalue weighted by molar-refractivity contribution is -0.153. The van der Waals surface area contributed by atoms with Gasteiger partial charge in [-0.25, -0.2) is 0 Å². The third-order valence-corrected chi connectivity index (χ3v) is 1.77. The molecule has 1 aliphatic heterocycles. The molecule has 0 unspecified atom stereocenters. The highest BCUT2D eigenvalue weighted by molar-refractivity contribution is 6.65. The van der Waals surface area contributed by atoms with Gasteiger partial charge in [-0.05, 0) is 18.5 Å². The molecule has 1 rings (SSSR count). The van der Waals surface area contributed by atoms with Crippen LogP contribution in [-0.4, -0.2) is 46.6 Å². The van der Waals surface area contributed by atoms with Crippen molar-refractivity contribution >= 4 is 28.8 Å². The van der Waals surface area contributed by atoms with Gasteiger partial charge in [0.15, 0.2) is 0 Å². The van der Waals surface area contributed by atoms with Crippen LogP contribution in [0, 0.1) is 0 Å². The predicted molar refractivity (Wildman–Crippen MR) is 45.2 cm³/mol. The Morgan fingerprint density at radius 1 is 1.62 bits per heavy atom. The van der Waals surface area contributed by atoms with Crippen LogP contribution in [0.5, 0.6) is 0 Å². The summed E-state index contributed by atoms with van der Waals surface area (Å²) < 4.78 is 35.8. The molecule has 0 N–H and O–H groups in total. The number of nitrogens with zero attached hydrogens (tertiary/aromatic N) is 2. The van der Waals surface area contributed by atoms with Crippen molar-refractivity contribution in [1.29, 1.82) is 0 Å². The van der Waals surface area contributed by atoms with Crippen molar-refractivity contribution in [2.75, 3.05) is 19.6 Å². The van der Waals surface area contributed by atoms with Crippen molar-refractivity contribution in [3.8, 4) is 0 Å². The monoisotopic (exact) mass is 209 g/mol. The molecular weight excluding hydrogens is 196 g/mol. The van der Waals surface area contributed by atoms with Crippen molar-refractivity contribution in [1.82, 2.24) is 9.80 Å². The first-order valence-corrected chi connectivity index (χ1v) is 3.71. The Morgan fingerprint density at radius 2 is 2.31 bits per heavy atom. The van der Waals surface area contributed by atoms with E-state index in [0.29, 0.717) is 9.80 Å². The average Bonchev–Trinajstić information content (AvgIpc) is 2.19. The van der Waals surface area contributed by atoms with Gasteiger partial charge in [-0.2, -0.15) is 0 Å². The van der Waals surface area contributed by atoms with Gasteiger partial charge in [-0.3, -0.25) is 19.3 Å². The first-order chi connectivity index (χ1) is 8.00. The molecule has 3 amide bonds. The van der Waals surface area contributed by atoms with Crippen LogP contribution in [0.3, 0.4) is 0 Å². The minimum absolute atomic E-state index is 0.290. The minimum atomic E-state index is -3.10. The van der Waals surface area contributed by atoms with Crippen LogP contribution >= 0.6 is 11.6 Å². The van der Waals surface area contributed by atoms with Crippen LogP contribution in [0.2, 0.25) is 0 Å². The van der Waals surface area contributed by atoms with Gasteiger partial charge < -0.3 is 4.90 Å². The zero-order valence-corrected chi connectivity index (χ0v) is 7.17. The van der Waals surface area contributed by atoms with Gasteiger partial charge in [0.05, 0.1) is 0 Å². The Morgan fingerprint density at radius 3 is 2.85 bits per heavy atom. The second kappa shape index (κ2) is 3.74. The first kappa shape index (κ1) is 4.95. The van der Waals surface area contributed by atoms with Crippen LogP contribution in [-0.2, 0) is 9.59 Å². The molecule has 0 saturated carbocycles. The maximum Gasteiger partial charge on any atom is 0.323 e.